The van der Waals surface area contributed by atoms with Crippen LogP contribution in [0.2, 0.25) is 0 Å². The van der Waals surface area contributed by atoms with E-state index in [-0.39, 0.29) is 31.1 Å². The Kier molecular flexibility index (Phi) is 5.84. The van der Waals surface area contributed by atoms with Crippen molar-refractivity contribution in [3.8, 4) is 6.07 Å². The fourth-order valence-electron chi connectivity index (χ4n) is 4.01. The third-order valence-electron chi connectivity index (χ3n) is 5.61. The average Bonchev–Trinajstić information content (AvgIpc) is 2.69. The highest BCUT2D eigenvalue weighted by atomic mass is 19.4. The van der Waals surface area contributed by atoms with E-state index >= 15 is 0 Å². The summed E-state index contributed by atoms with van der Waals surface area (Å²) in [4.78, 5) is 0. The van der Waals surface area contributed by atoms with Gasteiger partial charge in [-0.3, -0.25) is 0 Å². The Labute approximate surface area is 175 Å². The minimum absolute atomic E-state index is 0.00356. The first-order chi connectivity index (χ1) is 14.3. The van der Waals surface area contributed by atoms with Crippen LogP contribution in [0.3, 0.4) is 0 Å². The van der Waals surface area contributed by atoms with Gasteiger partial charge < -0.3 is 10.5 Å². The maximum absolute atomic E-state index is 13.1. The summed E-state index contributed by atoms with van der Waals surface area (Å²) in [6, 6.07) is 12.5. The first kappa shape index (κ1) is 23.1. The molecule has 3 rings (SSSR count). The molecule has 2 aromatic carbocycles. The molecule has 2 N–H and O–H groups in total. The van der Waals surface area contributed by atoms with Gasteiger partial charge in [-0.15, -0.1) is 0 Å². The van der Waals surface area contributed by atoms with Gasteiger partial charge in [0, 0.05) is 5.41 Å². The van der Waals surface area contributed by atoms with Gasteiger partial charge >= 0.3 is 12.4 Å². The SMILES string of the molecule is C[C@@H](OCC1(c2ccccc2)CC(N)(C#N)C1)c1cc(C(F)(F)F)cc(C(F)(F)F)c1. The van der Waals surface area contributed by atoms with Gasteiger partial charge in [-0.1, -0.05) is 30.3 Å². The lowest BCUT2D eigenvalue weighted by molar-refractivity contribution is -0.143. The van der Waals surface area contributed by atoms with Gasteiger partial charge in [0.15, 0.2) is 0 Å². The van der Waals surface area contributed by atoms with Crippen molar-refractivity contribution in [3.05, 3.63) is 70.8 Å². The maximum atomic E-state index is 13.1. The van der Waals surface area contributed by atoms with Gasteiger partial charge in [-0.25, -0.2) is 0 Å². The second-order valence-electron chi connectivity index (χ2n) is 8.06. The number of ether oxygens (including phenoxy) is 1. The predicted octanol–water partition coefficient (Wildman–Crippen LogP) is 5.75. The summed E-state index contributed by atoms with van der Waals surface area (Å²) < 4.78 is 84.6. The Morgan fingerprint density at radius 2 is 1.52 bits per heavy atom. The summed E-state index contributed by atoms with van der Waals surface area (Å²) in [6.45, 7) is 1.39. The molecule has 0 amide bonds. The van der Waals surface area contributed by atoms with Crippen LogP contribution in [-0.4, -0.2) is 12.1 Å². The normalized spacial score (nSPS) is 24.9. The van der Waals surface area contributed by atoms with Crippen LogP contribution in [0, 0.1) is 11.3 Å². The van der Waals surface area contributed by atoms with Crippen LogP contribution in [0.15, 0.2) is 48.5 Å². The van der Waals surface area contributed by atoms with E-state index in [0.717, 1.165) is 5.56 Å². The Hall–Kier alpha value is -2.57. The highest BCUT2D eigenvalue weighted by Gasteiger charge is 2.54. The minimum atomic E-state index is -4.93. The van der Waals surface area contributed by atoms with Gasteiger partial charge in [0.1, 0.15) is 5.54 Å². The fraction of sp³-hybridized carbons (Fsp3) is 0.409. The highest BCUT2D eigenvalue weighted by Crippen LogP contribution is 2.49. The summed E-state index contributed by atoms with van der Waals surface area (Å²) in [5.41, 5.74) is 2.14. The maximum Gasteiger partial charge on any atom is 0.416 e. The summed E-state index contributed by atoms with van der Waals surface area (Å²) in [7, 11) is 0. The molecule has 0 saturated heterocycles. The third kappa shape index (κ3) is 4.86. The quantitative estimate of drug-likeness (QED) is 0.600. The van der Waals surface area contributed by atoms with E-state index in [4.69, 9.17) is 10.5 Å². The van der Waals surface area contributed by atoms with Crippen molar-refractivity contribution in [2.45, 2.75) is 49.2 Å². The molecule has 0 bridgehead atoms. The Balaban J connectivity index is 1.87. The van der Waals surface area contributed by atoms with Crippen molar-refractivity contribution in [1.29, 1.82) is 5.26 Å². The second kappa shape index (κ2) is 7.84. The van der Waals surface area contributed by atoms with Gasteiger partial charge in [0.25, 0.3) is 0 Å². The van der Waals surface area contributed by atoms with Crippen LogP contribution >= 0.6 is 0 Å². The first-order valence-electron chi connectivity index (χ1n) is 9.45. The van der Waals surface area contributed by atoms with Crippen LogP contribution in [0.25, 0.3) is 0 Å². The number of rotatable bonds is 5. The van der Waals surface area contributed by atoms with E-state index in [9.17, 15) is 31.6 Å². The molecule has 0 heterocycles. The fourth-order valence-corrected chi connectivity index (χ4v) is 4.01. The number of alkyl halides is 6. The van der Waals surface area contributed by atoms with E-state index in [1.807, 2.05) is 18.2 Å². The molecule has 0 aliphatic heterocycles. The summed E-state index contributed by atoms with van der Waals surface area (Å²) in [5, 5.41) is 9.26. The van der Waals surface area contributed by atoms with Crippen molar-refractivity contribution in [1.82, 2.24) is 0 Å². The number of halogens is 6. The zero-order valence-electron chi connectivity index (χ0n) is 16.5. The average molecular weight is 442 g/mol. The summed E-state index contributed by atoms with van der Waals surface area (Å²) in [5.74, 6) is 0. The number of nitrogens with two attached hydrogens (primary N) is 1. The van der Waals surface area contributed by atoms with Crippen molar-refractivity contribution < 1.29 is 31.1 Å². The molecule has 1 atom stereocenters. The van der Waals surface area contributed by atoms with Crippen molar-refractivity contribution in [3.63, 3.8) is 0 Å². The minimum Gasteiger partial charge on any atom is -0.373 e. The molecule has 1 fully saturated rings. The summed E-state index contributed by atoms with van der Waals surface area (Å²) >= 11 is 0. The smallest absolute Gasteiger partial charge is 0.373 e. The molecule has 0 radical (unpaired) electrons. The van der Waals surface area contributed by atoms with Crippen molar-refractivity contribution >= 4 is 0 Å². The lowest BCUT2D eigenvalue weighted by atomic mass is 9.55. The summed E-state index contributed by atoms with van der Waals surface area (Å²) in [6.07, 6.45) is -10.4. The third-order valence-corrected chi connectivity index (χ3v) is 5.61. The Morgan fingerprint density at radius 3 is 1.97 bits per heavy atom. The zero-order chi connectivity index (χ0) is 23.1. The molecule has 1 saturated carbocycles. The van der Waals surface area contributed by atoms with E-state index < -0.39 is 40.5 Å². The van der Waals surface area contributed by atoms with E-state index in [0.29, 0.717) is 12.1 Å². The highest BCUT2D eigenvalue weighted by molar-refractivity contribution is 5.37. The van der Waals surface area contributed by atoms with Gasteiger partial charge in [-0.2, -0.15) is 31.6 Å². The monoisotopic (exact) mass is 442 g/mol. The largest absolute Gasteiger partial charge is 0.416 e. The van der Waals surface area contributed by atoms with Gasteiger partial charge in [0.05, 0.1) is 29.9 Å². The predicted molar refractivity (Wildman–Crippen MR) is 101 cm³/mol. The van der Waals surface area contributed by atoms with Crippen LogP contribution in [0.1, 0.15) is 48.1 Å². The molecule has 0 aromatic heterocycles. The van der Waals surface area contributed by atoms with Crippen LogP contribution < -0.4 is 5.73 Å². The number of nitrogens with zero attached hydrogens (tertiary/aromatic N) is 1. The zero-order valence-corrected chi connectivity index (χ0v) is 16.5. The number of hydrogen-bond donors (Lipinski definition) is 1. The molecule has 31 heavy (non-hydrogen) atoms. The standard InChI is InChI=1S/C22H20F6N2O/c1-14(15-7-17(21(23,24)25)9-18(8-15)22(26,27)28)31-13-19(10-20(30,11-19)12-29)16-5-3-2-4-6-16/h2-9,14H,10-11,13,30H2,1H3/t14-,19?,20?/m1/s1. The Bertz CT molecular complexity index is 940. The van der Waals surface area contributed by atoms with Crippen LogP contribution in [-0.2, 0) is 22.5 Å². The van der Waals surface area contributed by atoms with Gasteiger partial charge in [0.2, 0.25) is 0 Å². The number of hydrogen-bond acceptors (Lipinski definition) is 3. The number of nitriles is 1. The van der Waals surface area contributed by atoms with E-state index in [2.05, 4.69) is 0 Å². The molecular weight excluding hydrogens is 422 g/mol. The first-order valence-corrected chi connectivity index (χ1v) is 9.45. The van der Waals surface area contributed by atoms with Gasteiger partial charge in [-0.05, 0) is 49.1 Å². The molecule has 3 nitrogen and oxygen atoms in total. The lowest BCUT2D eigenvalue weighted by Gasteiger charge is -2.51. The van der Waals surface area contributed by atoms with Crippen LogP contribution in [0.4, 0.5) is 26.3 Å². The molecule has 2 aromatic rings. The molecule has 166 valence electrons. The Morgan fingerprint density at radius 1 is 1.00 bits per heavy atom. The second-order valence-corrected chi connectivity index (χ2v) is 8.06. The topological polar surface area (TPSA) is 59.0 Å². The van der Waals surface area contributed by atoms with Crippen molar-refractivity contribution in [2.24, 2.45) is 5.73 Å². The molecule has 1 aliphatic carbocycles. The molecular formula is C22H20F6N2O. The molecule has 1 aliphatic rings. The lowest BCUT2D eigenvalue weighted by Crippen LogP contribution is -2.61. The van der Waals surface area contributed by atoms with Crippen molar-refractivity contribution in [2.75, 3.05) is 6.61 Å². The molecule has 9 heteroatoms. The molecule has 0 unspecified atom stereocenters. The number of benzene rings is 2. The van der Waals surface area contributed by atoms with E-state index in [1.165, 1.54) is 6.92 Å². The van der Waals surface area contributed by atoms with E-state index in [1.54, 1.807) is 18.2 Å². The van der Waals surface area contributed by atoms with Crippen LogP contribution in [0.5, 0.6) is 0 Å². The molecule has 0 spiro atoms.